The van der Waals surface area contributed by atoms with E-state index in [-0.39, 0.29) is 6.04 Å². The molecular formula is C9H11N5O. The van der Waals surface area contributed by atoms with E-state index in [1.807, 2.05) is 0 Å². The van der Waals surface area contributed by atoms with Crippen molar-refractivity contribution in [2.75, 3.05) is 18.0 Å². The molecule has 6 heteroatoms. The van der Waals surface area contributed by atoms with Gasteiger partial charge in [0.1, 0.15) is 6.33 Å². The van der Waals surface area contributed by atoms with E-state index >= 15 is 0 Å². The Hall–Kier alpha value is -1.69. The van der Waals surface area contributed by atoms with Crippen molar-refractivity contribution in [3.05, 3.63) is 12.7 Å². The Kier molecular flexibility index (Phi) is 1.81. The van der Waals surface area contributed by atoms with E-state index in [9.17, 15) is 0 Å². The number of nitrogens with two attached hydrogens (primary N) is 1. The number of aromatic nitrogens is 3. The number of nitrogens with zero attached hydrogens (tertiary/aromatic N) is 4. The summed E-state index contributed by atoms with van der Waals surface area (Å²) in [6.07, 6.45) is 3.87. The summed E-state index contributed by atoms with van der Waals surface area (Å²) in [5.74, 6) is 0.821. The van der Waals surface area contributed by atoms with Crippen molar-refractivity contribution in [3.8, 4) is 0 Å². The van der Waals surface area contributed by atoms with Crippen LogP contribution in [0.5, 0.6) is 0 Å². The molecule has 0 bridgehead atoms. The van der Waals surface area contributed by atoms with E-state index in [0.29, 0.717) is 11.2 Å². The highest BCUT2D eigenvalue weighted by atomic mass is 16.3. The van der Waals surface area contributed by atoms with Gasteiger partial charge in [-0.3, -0.25) is 0 Å². The Morgan fingerprint density at radius 1 is 1.40 bits per heavy atom. The van der Waals surface area contributed by atoms with Gasteiger partial charge in [0.2, 0.25) is 0 Å². The second-order valence-electron chi connectivity index (χ2n) is 3.70. The standard InChI is InChI=1S/C9H11N5O/c10-6-1-2-14(3-6)8-7-9(12-4-11-8)15-5-13-7/h4-6H,1-3,10H2. The van der Waals surface area contributed by atoms with Crippen molar-refractivity contribution in [1.82, 2.24) is 15.0 Å². The Balaban J connectivity index is 2.06. The van der Waals surface area contributed by atoms with Gasteiger partial charge in [0.15, 0.2) is 17.7 Å². The summed E-state index contributed by atoms with van der Waals surface area (Å²) in [4.78, 5) is 14.5. The van der Waals surface area contributed by atoms with Crippen LogP contribution < -0.4 is 10.6 Å². The quantitative estimate of drug-likeness (QED) is 0.714. The lowest BCUT2D eigenvalue weighted by Gasteiger charge is -2.15. The molecule has 2 aromatic rings. The number of anilines is 1. The predicted octanol–water partition coefficient (Wildman–Crippen LogP) is 0.155. The minimum atomic E-state index is 0.224. The van der Waals surface area contributed by atoms with E-state index in [4.69, 9.17) is 10.2 Å². The molecule has 1 fully saturated rings. The maximum Gasteiger partial charge on any atom is 0.252 e. The maximum absolute atomic E-state index is 5.85. The molecule has 0 aliphatic carbocycles. The smallest absolute Gasteiger partial charge is 0.252 e. The van der Waals surface area contributed by atoms with Crippen LogP contribution in [0.4, 0.5) is 5.82 Å². The Morgan fingerprint density at radius 2 is 2.33 bits per heavy atom. The van der Waals surface area contributed by atoms with E-state index in [0.717, 1.165) is 25.3 Å². The lowest BCUT2D eigenvalue weighted by molar-refractivity contribution is 0.590. The highest BCUT2D eigenvalue weighted by molar-refractivity contribution is 5.81. The summed E-state index contributed by atoms with van der Waals surface area (Å²) in [7, 11) is 0. The van der Waals surface area contributed by atoms with E-state index in [2.05, 4.69) is 19.9 Å². The van der Waals surface area contributed by atoms with Crippen LogP contribution in [0.3, 0.4) is 0 Å². The Morgan fingerprint density at radius 3 is 3.13 bits per heavy atom. The molecule has 0 aromatic carbocycles. The number of rotatable bonds is 1. The fraction of sp³-hybridized carbons (Fsp3) is 0.444. The fourth-order valence-corrected chi connectivity index (χ4v) is 1.89. The maximum atomic E-state index is 5.85. The number of oxazole rings is 1. The first-order chi connectivity index (χ1) is 7.34. The molecule has 78 valence electrons. The first-order valence-electron chi connectivity index (χ1n) is 4.89. The van der Waals surface area contributed by atoms with Crippen molar-refractivity contribution in [2.45, 2.75) is 12.5 Å². The average molecular weight is 205 g/mol. The van der Waals surface area contributed by atoms with Gasteiger partial charge < -0.3 is 15.1 Å². The molecule has 1 atom stereocenters. The normalized spacial score (nSPS) is 21.4. The molecule has 0 amide bonds. The monoisotopic (exact) mass is 205 g/mol. The molecule has 1 aliphatic heterocycles. The number of fused-ring (bicyclic) bond motifs is 1. The molecule has 0 radical (unpaired) electrons. The molecule has 1 aliphatic rings. The van der Waals surface area contributed by atoms with Gasteiger partial charge in [0.05, 0.1) is 0 Å². The third-order valence-electron chi connectivity index (χ3n) is 2.64. The minimum Gasteiger partial charge on any atom is -0.425 e. The fourth-order valence-electron chi connectivity index (χ4n) is 1.89. The van der Waals surface area contributed by atoms with Crippen LogP contribution in [0.25, 0.3) is 11.2 Å². The van der Waals surface area contributed by atoms with E-state index < -0.39 is 0 Å². The number of hydrogen-bond donors (Lipinski definition) is 1. The van der Waals surface area contributed by atoms with Crippen molar-refractivity contribution >= 4 is 17.0 Å². The second-order valence-corrected chi connectivity index (χ2v) is 3.70. The molecule has 2 N–H and O–H groups in total. The molecule has 0 saturated carbocycles. The van der Waals surface area contributed by atoms with Gasteiger partial charge in [-0.05, 0) is 6.42 Å². The largest absolute Gasteiger partial charge is 0.425 e. The molecule has 1 saturated heterocycles. The van der Waals surface area contributed by atoms with E-state index in [1.165, 1.54) is 12.7 Å². The second kappa shape index (κ2) is 3.16. The van der Waals surface area contributed by atoms with Gasteiger partial charge in [-0.15, -0.1) is 0 Å². The first-order valence-corrected chi connectivity index (χ1v) is 4.89. The van der Waals surface area contributed by atoms with Crippen LogP contribution in [0, 0.1) is 0 Å². The van der Waals surface area contributed by atoms with Crippen molar-refractivity contribution < 1.29 is 4.42 Å². The zero-order valence-electron chi connectivity index (χ0n) is 8.13. The summed E-state index contributed by atoms with van der Waals surface area (Å²) < 4.78 is 5.12. The minimum absolute atomic E-state index is 0.224. The molecule has 6 nitrogen and oxygen atoms in total. The predicted molar refractivity (Wildman–Crippen MR) is 54.4 cm³/mol. The van der Waals surface area contributed by atoms with Crippen LogP contribution in [-0.4, -0.2) is 34.1 Å². The highest BCUT2D eigenvalue weighted by Gasteiger charge is 2.23. The molecular weight excluding hydrogens is 194 g/mol. The zero-order valence-corrected chi connectivity index (χ0v) is 8.13. The molecule has 1 unspecified atom stereocenters. The van der Waals surface area contributed by atoms with E-state index in [1.54, 1.807) is 0 Å². The summed E-state index contributed by atoms with van der Waals surface area (Å²) in [5, 5.41) is 0. The summed E-state index contributed by atoms with van der Waals surface area (Å²) in [5.41, 5.74) is 7.10. The van der Waals surface area contributed by atoms with Crippen LogP contribution in [0.2, 0.25) is 0 Å². The molecule has 3 rings (SSSR count). The van der Waals surface area contributed by atoms with Crippen LogP contribution in [0.15, 0.2) is 17.1 Å². The molecule has 2 aromatic heterocycles. The van der Waals surface area contributed by atoms with Crippen molar-refractivity contribution in [3.63, 3.8) is 0 Å². The highest BCUT2D eigenvalue weighted by Crippen LogP contribution is 2.23. The van der Waals surface area contributed by atoms with Gasteiger partial charge in [-0.25, -0.2) is 9.97 Å². The van der Waals surface area contributed by atoms with Gasteiger partial charge in [0, 0.05) is 19.1 Å². The average Bonchev–Trinajstić information content (AvgIpc) is 2.84. The van der Waals surface area contributed by atoms with Crippen molar-refractivity contribution in [2.24, 2.45) is 5.73 Å². The Labute approximate surface area is 86.1 Å². The van der Waals surface area contributed by atoms with Crippen LogP contribution >= 0.6 is 0 Å². The van der Waals surface area contributed by atoms with Gasteiger partial charge in [-0.1, -0.05) is 0 Å². The van der Waals surface area contributed by atoms with Gasteiger partial charge in [0.25, 0.3) is 5.71 Å². The molecule has 0 spiro atoms. The van der Waals surface area contributed by atoms with Crippen LogP contribution in [-0.2, 0) is 0 Å². The zero-order chi connectivity index (χ0) is 10.3. The number of hydrogen-bond acceptors (Lipinski definition) is 6. The van der Waals surface area contributed by atoms with Gasteiger partial charge >= 0.3 is 0 Å². The first kappa shape index (κ1) is 8.60. The summed E-state index contributed by atoms with van der Waals surface area (Å²) in [6, 6.07) is 0.224. The summed E-state index contributed by atoms with van der Waals surface area (Å²) >= 11 is 0. The van der Waals surface area contributed by atoms with Crippen molar-refractivity contribution in [1.29, 1.82) is 0 Å². The topological polar surface area (TPSA) is 81.1 Å². The molecule has 15 heavy (non-hydrogen) atoms. The van der Waals surface area contributed by atoms with Crippen LogP contribution in [0.1, 0.15) is 6.42 Å². The lowest BCUT2D eigenvalue weighted by atomic mass is 10.3. The van der Waals surface area contributed by atoms with Gasteiger partial charge in [-0.2, -0.15) is 4.98 Å². The SMILES string of the molecule is NC1CCN(c2ncnc3ocnc23)C1. The third kappa shape index (κ3) is 1.33. The third-order valence-corrected chi connectivity index (χ3v) is 2.64. The summed E-state index contributed by atoms with van der Waals surface area (Å²) in [6.45, 7) is 1.74. The Bertz CT molecular complexity index is 482. The lowest BCUT2D eigenvalue weighted by Crippen LogP contribution is -2.27. The molecule has 3 heterocycles.